The topological polar surface area (TPSA) is 49.4 Å². The Morgan fingerprint density at radius 3 is 2.73 bits per heavy atom. The lowest BCUT2D eigenvalue weighted by molar-refractivity contribution is -0.133. The van der Waals surface area contributed by atoms with Gasteiger partial charge in [-0.25, -0.2) is 0 Å². The molecule has 1 N–H and O–H groups in total. The van der Waals surface area contributed by atoms with Gasteiger partial charge < -0.3 is 10.2 Å². The molecular weight excluding hydrogens is 296 g/mol. The lowest BCUT2D eigenvalue weighted by Crippen LogP contribution is -2.46. The molecule has 2 rings (SSSR count). The maximum atomic E-state index is 12.0. The third-order valence-electron chi connectivity index (χ3n) is 3.75. The Bertz CT molecular complexity index is 515. The van der Waals surface area contributed by atoms with Crippen molar-refractivity contribution in [1.82, 2.24) is 10.2 Å². The van der Waals surface area contributed by atoms with E-state index in [-0.39, 0.29) is 17.9 Å². The van der Waals surface area contributed by atoms with Crippen LogP contribution in [0.15, 0.2) is 22.9 Å². The highest BCUT2D eigenvalue weighted by Gasteiger charge is 2.23. The first-order valence-electron chi connectivity index (χ1n) is 7.83. The van der Waals surface area contributed by atoms with E-state index >= 15 is 0 Å². The van der Waals surface area contributed by atoms with E-state index < -0.39 is 0 Å². The smallest absolute Gasteiger partial charge is 0.244 e. The summed E-state index contributed by atoms with van der Waals surface area (Å²) in [5, 5.41) is 7.01. The van der Waals surface area contributed by atoms with Crippen molar-refractivity contribution in [3.8, 4) is 0 Å². The molecule has 1 aromatic rings. The zero-order valence-corrected chi connectivity index (χ0v) is 14.1. The van der Waals surface area contributed by atoms with Crippen molar-refractivity contribution in [3.63, 3.8) is 0 Å². The normalized spacial score (nSPS) is 16.4. The molecule has 5 heteroatoms. The van der Waals surface area contributed by atoms with Gasteiger partial charge in [0, 0.05) is 31.6 Å². The number of likely N-dealkylation sites (tertiary alicyclic amines) is 1. The van der Waals surface area contributed by atoms with E-state index in [0.29, 0.717) is 12.3 Å². The summed E-state index contributed by atoms with van der Waals surface area (Å²) in [7, 11) is 0. The van der Waals surface area contributed by atoms with Gasteiger partial charge in [0.1, 0.15) is 0 Å². The number of carbonyl (C=O) groups excluding carboxylic acids is 2. The van der Waals surface area contributed by atoms with Crippen LogP contribution in [0, 0.1) is 5.92 Å². The fraction of sp³-hybridized carbons (Fsp3) is 0.529. The molecule has 0 atom stereocenters. The lowest BCUT2D eigenvalue weighted by Gasteiger charge is -2.32. The van der Waals surface area contributed by atoms with Crippen LogP contribution in [0.5, 0.6) is 0 Å². The van der Waals surface area contributed by atoms with Crippen LogP contribution >= 0.6 is 11.3 Å². The van der Waals surface area contributed by atoms with E-state index in [1.165, 1.54) is 0 Å². The number of rotatable bonds is 5. The zero-order valence-electron chi connectivity index (χ0n) is 13.2. The first-order chi connectivity index (χ1) is 10.5. The molecule has 0 aromatic carbocycles. The third-order valence-corrected chi connectivity index (χ3v) is 4.45. The summed E-state index contributed by atoms with van der Waals surface area (Å²) < 4.78 is 0. The van der Waals surface area contributed by atoms with Gasteiger partial charge in [-0.2, -0.15) is 11.3 Å². The van der Waals surface area contributed by atoms with Gasteiger partial charge in [0.2, 0.25) is 11.8 Å². The highest BCUT2D eigenvalue weighted by molar-refractivity contribution is 7.08. The Morgan fingerprint density at radius 2 is 2.14 bits per heavy atom. The van der Waals surface area contributed by atoms with Crippen molar-refractivity contribution in [2.75, 3.05) is 13.1 Å². The Hall–Kier alpha value is -1.62. The molecule has 0 bridgehead atoms. The predicted molar refractivity (Wildman–Crippen MR) is 90.6 cm³/mol. The van der Waals surface area contributed by atoms with Crippen LogP contribution in [0.3, 0.4) is 0 Å². The number of carbonyl (C=O) groups is 2. The van der Waals surface area contributed by atoms with E-state index in [2.05, 4.69) is 19.2 Å². The molecule has 0 aliphatic carbocycles. The molecule has 0 saturated carbocycles. The maximum Gasteiger partial charge on any atom is 0.244 e. The molecule has 0 radical (unpaired) electrons. The van der Waals surface area contributed by atoms with Gasteiger partial charge in [-0.05, 0) is 47.2 Å². The molecule has 0 spiro atoms. The Kier molecular flexibility index (Phi) is 6.19. The van der Waals surface area contributed by atoms with Crippen LogP contribution in [0.4, 0.5) is 0 Å². The van der Waals surface area contributed by atoms with E-state index in [0.717, 1.165) is 31.5 Å². The third kappa shape index (κ3) is 5.30. The van der Waals surface area contributed by atoms with Gasteiger partial charge in [0.05, 0.1) is 0 Å². The van der Waals surface area contributed by atoms with Gasteiger partial charge in [-0.3, -0.25) is 9.59 Å². The summed E-state index contributed by atoms with van der Waals surface area (Å²) in [5.41, 5.74) is 1.05. The number of amides is 2. The highest BCUT2D eigenvalue weighted by atomic mass is 32.1. The van der Waals surface area contributed by atoms with Crippen molar-refractivity contribution < 1.29 is 9.59 Å². The Morgan fingerprint density at radius 1 is 1.41 bits per heavy atom. The largest absolute Gasteiger partial charge is 0.350 e. The average Bonchev–Trinajstić information content (AvgIpc) is 2.98. The quantitative estimate of drug-likeness (QED) is 0.848. The number of hydrogen-bond donors (Lipinski definition) is 1. The summed E-state index contributed by atoms with van der Waals surface area (Å²) >= 11 is 1.61. The minimum Gasteiger partial charge on any atom is -0.350 e. The van der Waals surface area contributed by atoms with Gasteiger partial charge in [-0.15, -0.1) is 0 Å². The second-order valence-corrected chi connectivity index (χ2v) is 6.93. The van der Waals surface area contributed by atoms with Crippen LogP contribution in [-0.2, 0) is 9.59 Å². The molecule has 22 heavy (non-hydrogen) atoms. The molecule has 0 unspecified atom stereocenters. The molecule has 1 aromatic heterocycles. The summed E-state index contributed by atoms with van der Waals surface area (Å²) in [4.78, 5) is 25.8. The number of thiophene rings is 1. The van der Waals surface area contributed by atoms with Crippen molar-refractivity contribution >= 4 is 29.2 Å². The first kappa shape index (κ1) is 16.7. The zero-order chi connectivity index (χ0) is 15.9. The van der Waals surface area contributed by atoms with Gasteiger partial charge in [-0.1, -0.05) is 13.8 Å². The molecule has 1 saturated heterocycles. The number of piperidine rings is 1. The first-order valence-corrected chi connectivity index (χ1v) is 8.77. The fourth-order valence-electron chi connectivity index (χ4n) is 2.54. The van der Waals surface area contributed by atoms with Crippen LogP contribution < -0.4 is 5.32 Å². The van der Waals surface area contributed by atoms with E-state index in [9.17, 15) is 9.59 Å². The molecule has 2 amide bonds. The van der Waals surface area contributed by atoms with Crippen LogP contribution in [0.1, 0.15) is 38.7 Å². The molecule has 1 aliphatic heterocycles. The minimum atomic E-state index is -0.0573. The molecular formula is C17H24N2O2S. The Balaban J connectivity index is 1.73. The van der Waals surface area contributed by atoms with E-state index in [4.69, 9.17) is 0 Å². The second-order valence-electron chi connectivity index (χ2n) is 6.15. The standard InChI is InChI=1S/C17H24N2O2S/c1-13(2)11-17(21)19-8-5-15(6-9-19)18-16(20)4-3-14-7-10-22-12-14/h3-4,7,10,12-13,15H,5-6,8-9,11H2,1-2H3,(H,18,20)/b4-3+. The van der Waals surface area contributed by atoms with Crippen LogP contribution in [0.2, 0.25) is 0 Å². The number of hydrogen-bond acceptors (Lipinski definition) is 3. The number of nitrogens with zero attached hydrogens (tertiary/aromatic N) is 1. The molecule has 1 fully saturated rings. The summed E-state index contributed by atoms with van der Waals surface area (Å²) in [6.07, 6.45) is 5.69. The molecule has 1 aliphatic rings. The summed E-state index contributed by atoms with van der Waals surface area (Å²) in [6.45, 7) is 5.60. The van der Waals surface area contributed by atoms with Crippen LogP contribution in [-0.4, -0.2) is 35.8 Å². The van der Waals surface area contributed by atoms with Gasteiger partial charge >= 0.3 is 0 Å². The second kappa shape index (κ2) is 8.13. The van der Waals surface area contributed by atoms with Crippen molar-refractivity contribution in [3.05, 3.63) is 28.5 Å². The Labute approximate surface area is 136 Å². The van der Waals surface area contributed by atoms with E-state index in [1.54, 1.807) is 17.4 Å². The minimum absolute atomic E-state index is 0.0573. The molecule has 2 heterocycles. The van der Waals surface area contributed by atoms with E-state index in [1.807, 2.05) is 27.8 Å². The lowest BCUT2D eigenvalue weighted by atomic mass is 10.0. The van der Waals surface area contributed by atoms with Crippen molar-refractivity contribution in [2.24, 2.45) is 5.92 Å². The van der Waals surface area contributed by atoms with Gasteiger partial charge in [0.25, 0.3) is 0 Å². The maximum absolute atomic E-state index is 12.0. The molecule has 4 nitrogen and oxygen atoms in total. The van der Waals surface area contributed by atoms with Gasteiger partial charge in [0.15, 0.2) is 0 Å². The number of nitrogens with one attached hydrogen (secondary N) is 1. The predicted octanol–water partition coefficient (Wildman–Crippen LogP) is 2.91. The van der Waals surface area contributed by atoms with Crippen LogP contribution in [0.25, 0.3) is 6.08 Å². The fourth-order valence-corrected chi connectivity index (χ4v) is 3.17. The highest BCUT2D eigenvalue weighted by Crippen LogP contribution is 2.14. The monoisotopic (exact) mass is 320 g/mol. The molecule has 120 valence electrons. The summed E-state index contributed by atoms with van der Waals surface area (Å²) in [5.74, 6) is 0.572. The van der Waals surface area contributed by atoms with Crippen molar-refractivity contribution in [1.29, 1.82) is 0 Å². The summed E-state index contributed by atoms with van der Waals surface area (Å²) in [6, 6.07) is 2.15. The SMILES string of the molecule is CC(C)CC(=O)N1CCC(NC(=O)/C=C/c2ccsc2)CC1. The average molecular weight is 320 g/mol. The van der Waals surface area contributed by atoms with Crippen molar-refractivity contribution in [2.45, 2.75) is 39.2 Å².